The number of pyridine rings is 1. The van der Waals surface area contributed by atoms with Crippen LogP contribution in [0.3, 0.4) is 0 Å². The van der Waals surface area contributed by atoms with Gasteiger partial charge in [0.25, 0.3) is 0 Å². The van der Waals surface area contributed by atoms with Gasteiger partial charge < -0.3 is 9.84 Å². The average molecular weight is 273 g/mol. The van der Waals surface area contributed by atoms with Crippen LogP contribution in [0.15, 0.2) is 30.3 Å². The number of carboxylic acids is 1. The third kappa shape index (κ3) is 2.13. The number of hydrogen-bond donors (Lipinski definition) is 1. The number of fused-ring (bicyclic) bond motifs is 2. The molecule has 0 unspecified atom stereocenters. The summed E-state index contributed by atoms with van der Waals surface area (Å²) in [5, 5.41) is 10.8. The third-order valence-electron chi connectivity index (χ3n) is 2.79. The van der Waals surface area contributed by atoms with E-state index in [1.165, 1.54) is 11.3 Å². The summed E-state index contributed by atoms with van der Waals surface area (Å²) in [6.07, 6.45) is 0. The molecule has 0 atom stereocenters. The van der Waals surface area contributed by atoms with Crippen LogP contribution < -0.4 is 4.74 Å². The van der Waals surface area contributed by atoms with E-state index in [-0.39, 0.29) is 0 Å². The van der Waals surface area contributed by atoms with Crippen molar-refractivity contribution in [2.75, 3.05) is 6.61 Å². The average Bonchev–Trinajstić information content (AvgIpc) is 2.79. The van der Waals surface area contributed by atoms with Gasteiger partial charge in [0.1, 0.15) is 15.5 Å². The van der Waals surface area contributed by atoms with E-state index in [9.17, 15) is 4.79 Å². The lowest BCUT2D eigenvalue weighted by molar-refractivity contribution is 0.0702. The van der Waals surface area contributed by atoms with E-state index in [0.717, 1.165) is 26.9 Å². The van der Waals surface area contributed by atoms with E-state index in [2.05, 4.69) is 4.98 Å². The van der Waals surface area contributed by atoms with E-state index >= 15 is 0 Å². The van der Waals surface area contributed by atoms with Crippen molar-refractivity contribution >= 4 is 38.4 Å². The maximum Gasteiger partial charge on any atom is 0.345 e. The molecule has 96 valence electrons. The fraction of sp³-hybridized carbons (Fsp3) is 0.143. The van der Waals surface area contributed by atoms with Gasteiger partial charge in [-0.15, -0.1) is 11.3 Å². The van der Waals surface area contributed by atoms with Crippen LogP contribution in [0.4, 0.5) is 0 Å². The zero-order chi connectivity index (χ0) is 13.4. The summed E-state index contributed by atoms with van der Waals surface area (Å²) in [5.41, 5.74) is 0.842. The summed E-state index contributed by atoms with van der Waals surface area (Å²) in [5.74, 6) is -0.119. The van der Waals surface area contributed by atoms with Gasteiger partial charge in [0.05, 0.1) is 12.1 Å². The van der Waals surface area contributed by atoms with Crippen molar-refractivity contribution in [3.8, 4) is 5.75 Å². The maximum atomic E-state index is 11.0. The number of nitrogens with zero attached hydrogens (tertiary/aromatic N) is 1. The molecule has 0 radical (unpaired) electrons. The Balaban J connectivity index is 2.20. The highest BCUT2D eigenvalue weighted by Gasteiger charge is 2.10. The summed E-state index contributed by atoms with van der Waals surface area (Å²) in [4.78, 5) is 16.5. The molecule has 19 heavy (non-hydrogen) atoms. The number of aromatic nitrogens is 1. The minimum atomic E-state index is -0.915. The summed E-state index contributed by atoms with van der Waals surface area (Å²) < 4.78 is 5.45. The molecule has 0 fully saturated rings. The summed E-state index contributed by atoms with van der Waals surface area (Å²) in [6.45, 7) is 2.55. The van der Waals surface area contributed by atoms with Crippen LogP contribution in [0.2, 0.25) is 0 Å². The van der Waals surface area contributed by atoms with Gasteiger partial charge in [-0.3, -0.25) is 0 Å². The number of rotatable bonds is 3. The molecule has 0 bridgehead atoms. The second-order valence-corrected chi connectivity index (χ2v) is 5.12. The number of carboxylic acid groups (broad SMARTS) is 1. The van der Waals surface area contributed by atoms with E-state index in [1.807, 2.05) is 31.2 Å². The number of hydrogen-bond acceptors (Lipinski definition) is 4. The summed E-state index contributed by atoms with van der Waals surface area (Å²) >= 11 is 1.19. The standard InChI is InChI=1S/C14H11NO3S/c1-2-18-10-3-4-11-8(6-10)5-9-7-12(14(16)17)19-13(9)15-11/h3-7H,2H2,1H3,(H,16,17). The smallest absolute Gasteiger partial charge is 0.345 e. The normalized spacial score (nSPS) is 11.0. The first-order valence-corrected chi connectivity index (χ1v) is 6.69. The van der Waals surface area contributed by atoms with E-state index in [0.29, 0.717) is 11.5 Å². The Morgan fingerprint density at radius 3 is 2.89 bits per heavy atom. The molecule has 2 heterocycles. The Bertz CT molecular complexity index is 779. The Labute approximate surface area is 113 Å². The summed E-state index contributed by atoms with van der Waals surface area (Å²) in [6, 6.07) is 9.28. The Morgan fingerprint density at radius 2 is 2.16 bits per heavy atom. The number of benzene rings is 1. The highest BCUT2D eigenvalue weighted by Crippen LogP contribution is 2.29. The number of carbonyl (C=O) groups is 1. The van der Waals surface area contributed by atoms with Crippen molar-refractivity contribution in [3.05, 3.63) is 35.2 Å². The molecule has 0 aliphatic rings. The molecular weight excluding hydrogens is 262 g/mol. The molecular formula is C14H11NO3S. The lowest BCUT2D eigenvalue weighted by atomic mass is 10.2. The summed E-state index contributed by atoms with van der Waals surface area (Å²) in [7, 11) is 0. The number of thiophene rings is 1. The van der Waals surface area contributed by atoms with Crippen LogP contribution in [0.1, 0.15) is 16.6 Å². The fourth-order valence-corrected chi connectivity index (χ4v) is 2.84. The minimum absolute atomic E-state index is 0.308. The van der Waals surface area contributed by atoms with E-state index in [4.69, 9.17) is 9.84 Å². The Kier molecular flexibility index (Phi) is 2.83. The highest BCUT2D eigenvalue weighted by atomic mass is 32.1. The lowest BCUT2D eigenvalue weighted by Crippen LogP contribution is -1.91. The Hall–Kier alpha value is -2.14. The molecule has 1 N–H and O–H groups in total. The second-order valence-electron chi connectivity index (χ2n) is 4.09. The first kappa shape index (κ1) is 11.9. The van der Waals surface area contributed by atoms with Crippen molar-refractivity contribution in [2.24, 2.45) is 0 Å². The SMILES string of the molecule is CCOc1ccc2nc3sc(C(=O)O)cc3cc2c1. The fourth-order valence-electron chi connectivity index (χ4n) is 1.98. The van der Waals surface area contributed by atoms with Crippen molar-refractivity contribution < 1.29 is 14.6 Å². The first-order chi connectivity index (χ1) is 9.17. The van der Waals surface area contributed by atoms with Gasteiger partial charge in [0.15, 0.2) is 0 Å². The minimum Gasteiger partial charge on any atom is -0.494 e. The molecule has 0 aliphatic heterocycles. The Morgan fingerprint density at radius 1 is 1.32 bits per heavy atom. The van der Waals surface area contributed by atoms with Gasteiger partial charge >= 0.3 is 5.97 Å². The van der Waals surface area contributed by atoms with Gasteiger partial charge in [-0.2, -0.15) is 0 Å². The monoisotopic (exact) mass is 273 g/mol. The number of ether oxygens (including phenoxy) is 1. The van der Waals surface area contributed by atoms with Crippen LogP contribution in [-0.2, 0) is 0 Å². The van der Waals surface area contributed by atoms with Gasteiger partial charge in [0.2, 0.25) is 0 Å². The predicted octanol–water partition coefficient (Wildman–Crippen LogP) is 3.55. The third-order valence-corrected chi connectivity index (χ3v) is 3.83. The molecule has 5 heteroatoms. The molecule has 0 saturated carbocycles. The topological polar surface area (TPSA) is 59.4 Å². The van der Waals surface area contributed by atoms with Gasteiger partial charge in [-0.1, -0.05) is 0 Å². The van der Waals surface area contributed by atoms with E-state index < -0.39 is 5.97 Å². The van der Waals surface area contributed by atoms with E-state index in [1.54, 1.807) is 6.07 Å². The van der Waals surface area contributed by atoms with Crippen LogP contribution >= 0.6 is 11.3 Å². The molecule has 4 nitrogen and oxygen atoms in total. The van der Waals surface area contributed by atoms with Crippen molar-refractivity contribution in [2.45, 2.75) is 6.92 Å². The van der Waals surface area contributed by atoms with Crippen molar-refractivity contribution in [3.63, 3.8) is 0 Å². The highest BCUT2D eigenvalue weighted by molar-refractivity contribution is 7.20. The largest absolute Gasteiger partial charge is 0.494 e. The van der Waals surface area contributed by atoms with Gasteiger partial charge in [-0.25, -0.2) is 9.78 Å². The molecule has 3 aromatic rings. The number of aromatic carboxylic acids is 1. The first-order valence-electron chi connectivity index (χ1n) is 5.88. The molecule has 0 aliphatic carbocycles. The van der Waals surface area contributed by atoms with Gasteiger partial charge in [0, 0.05) is 10.8 Å². The van der Waals surface area contributed by atoms with Crippen LogP contribution in [0, 0.1) is 0 Å². The molecule has 1 aromatic carbocycles. The van der Waals surface area contributed by atoms with Crippen LogP contribution in [0.25, 0.3) is 21.1 Å². The zero-order valence-electron chi connectivity index (χ0n) is 10.2. The second kappa shape index (κ2) is 4.51. The quantitative estimate of drug-likeness (QED) is 0.792. The predicted molar refractivity (Wildman–Crippen MR) is 75.3 cm³/mol. The lowest BCUT2D eigenvalue weighted by Gasteiger charge is -2.04. The molecule has 0 amide bonds. The van der Waals surface area contributed by atoms with Gasteiger partial charge in [-0.05, 0) is 37.3 Å². The molecule has 3 rings (SSSR count). The molecule has 0 saturated heterocycles. The van der Waals surface area contributed by atoms with Crippen molar-refractivity contribution in [1.82, 2.24) is 4.98 Å². The molecule has 2 aromatic heterocycles. The van der Waals surface area contributed by atoms with Crippen LogP contribution in [-0.4, -0.2) is 22.7 Å². The van der Waals surface area contributed by atoms with Crippen LogP contribution in [0.5, 0.6) is 5.75 Å². The zero-order valence-corrected chi connectivity index (χ0v) is 11.0. The maximum absolute atomic E-state index is 11.0. The van der Waals surface area contributed by atoms with Crippen molar-refractivity contribution in [1.29, 1.82) is 0 Å². The molecule has 0 spiro atoms.